The van der Waals surface area contributed by atoms with Crippen LogP contribution >= 0.6 is 0 Å². The van der Waals surface area contributed by atoms with Crippen LogP contribution in [0.2, 0.25) is 0 Å². The van der Waals surface area contributed by atoms with Crippen molar-refractivity contribution < 1.29 is 0 Å². The van der Waals surface area contributed by atoms with Gasteiger partial charge in [0.15, 0.2) is 0 Å². The molecular formula is C20H17N3. The summed E-state index contributed by atoms with van der Waals surface area (Å²) in [6.45, 7) is 0. The van der Waals surface area contributed by atoms with Gasteiger partial charge in [0.2, 0.25) is 0 Å². The van der Waals surface area contributed by atoms with Crippen LogP contribution in [0.3, 0.4) is 0 Å². The van der Waals surface area contributed by atoms with Crippen LogP contribution < -0.4 is 0 Å². The maximum absolute atomic E-state index is 4.75. The summed E-state index contributed by atoms with van der Waals surface area (Å²) >= 11 is 0. The molecule has 3 nitrogen and oxygen atoms in total. The van der Waals surface area contributed by atoms with Crippen molar-refractivity contribution in [2.75, 3.05) is 0 Å². The molecule has 0 saturated heterocycles. The Hall–Kier alpha value is -2.68. The molecule has 1 saturated carbocycles. The minimum atomic E-state index is 0.478. The molecule has 1 fully saturated rings. The third-order valence-electron chi connectivity index (χ3n) is 5.01. The molecule has 0 radical (unpaired) electrons. The summed E-state index contributed by atoms with van der Waals surface area (Å²) in [4.78, 5) is 9.34. The van der Waals surface area contributed by atoms with Gasteiger partial charge < -0.3 is 4.57 Å². The molecule has 23 heavy (non-hydrogen) atoms. The molecular weight excluding hydrogens is 282 g/mol. The SMILES string of the molecule is c1ccc2nc(C3CC(n4ccc5ccccc54)C3)ncc2c1. The van der Waals surface area contributed by atoms with Crippen molar-refractivity contribution in [1.29, 1.82) is 0 Å². The zero-order valence-corrected chi connectivity index (χ0v) is 12.8. The number of hydrogen-bond donors (Lipinski definition) is 0. The zero-order valence-electron chi connectivity index (χ0n) is 12.8. The lowest BCUT2D eigenvalue weighted by atomic mass is 9.79. The predicted molar refractivity (Wildman–Crippen MR) is 92.5 cm³/mol. The number of para-hydroxylation sites is 2. The number of hydrogen-bond acceptors (Lipinski definition) is 2. The van der Waals surface area contributed by atoms with Gasteiger partial charge in [-0.1, -0.05) is 36.4 Å². The lowest BCUT2D eigenvalue weighted by Gasteiger charge is -2.36. The van der Waals surface area contributed by atoms with Crippen LogP contribution in [0.25, 0.3) is 21.8 Å². The van der Waals surface area contributed by atoms with E-state index in [4.69, 9.17) is 4.98 Å². The van der Waals surface area contributed by atoms with Crippen LogP contribution in [-0.4, -0.2) is 14.5 Å². The maximum Gasteiger partial charge on any atom is 0.132 e. The van der Waals surface area contributed by atoms with Crippen LogP contribution in [0.4, 0.5) is 0 Å². The summed E-state index contributed by atoms with van der Waals surface area (Å²) in [5.41, 5.74) is 2.38. The van der Waals surface area contributed by atoms with Crippen molar-refractivity contribution in [3.05, 3.63) is 72.8 Å². The molecule has 3 heteroatoms. The topological polar surface area (TPSA) is 30.7 Å². The quantitative estimate of drug-likeness (QED) is 0.537. The summed E-state index contributed by atoms with van der Waals surface area (Å²) in [5, 5.41) is 2.43. The second-order valence-electron chi connectivity index (χ2n) is 6.39. The van der Waals surface area contributed by atoms with E-state index in [1.807, 2.05) is 18.3 Å². The highest BCUT2D eigenvalue weighted by Gasteiger charge is 2.33. The van der Waals surface area contributed by atoms with Crippen LogP contribution in [0, 0.1) is 0 Å². The first-order valence-electron chi connectivity index (χ1n) is 8.16. The average Bonchev–Trinajstić information content (AvgIpc) is 2.98. The van der Waals surface area contributed by atoms with Gasteiger partial charge >= 0.3 is 0 Å². The molecule has 4 aromatic rings. The number of fused-ring (bicyclic) bond motifs is 2. The second-order valence-corrected chi connectivity index (χ2v) is 6.39. The number of rotatable bonds is 2. The molecule has 1 aliphatic carbocycles. The van der Waals surface area contributed by atoms with E-state index in [-0.39, 0.29) is 0 Å². The van der Waals surface area contributed by atoms with E-state index >= 15 is 0 Å². The highest BCUT2D eigenvalue weighted by molar-refractivity contribution is 5.80. The van der Waals surface area contributed by atoms with Crippen molar-refractivity contribution in [3.63, 3.8) is 0 Å². The smallest absolute Gasteiger partial charge is 0.132 e. The van der Waals surface area contributed by atoms with E-state index in [1.54, 1.807) is 0 Å². The fraction of sp³-hybridized carbons (Fsp3) is 0.200. The van der Waals surface area contributed by atoms with Gasteiger partial charge in [0.05, 0.1) is 5.52 Å². The first-order chi connectivity index (χ1) is 11.4. The van der Waals surface area contributed by atoms with Crippen LogP contribution in [0.5, 0.6) is 0 Å². The standard InChI is InChI=1S/C20H17N3/c1-3-7-18-15(6-1)13-21-20(22-18)16-11-17(12-16)23-10-9-14-5-2-4-8-19(14)23/h1-10,13,16-17H,11-12H2. The lowest BCUT2D eigenvalue weighted by molar-refractivity contribution is 0.262. The van der Waals surface area contributed by atoms with Crippen molar-refractivity contribution in [2.45, 2.75) is 24.8 Å². The molecule has 0 N–H and O–H groups in total. The number of aromatic nitrogens is 3. The largest absolute Gasteiger partial charge is 0.344 e. The van der Waals surface area contributed by atoms with E-state index in [2.05, 4.69) is 58.2 Å². The Labute approximate surface area is 134 Å². The zero-order chi connectivity index (χ0) is 15.2. The minimum absolute atomic E-state index is 0.478. The van der Waals surface area contributed by atoms with Gasteiger partial charge in [-0.3, -0.25) is 0 Å². The van der Waals surface area contributed by atoms with Crippen molar-refractivity contribution in [2.24, 2.45) is 0 Å². The summed E-state index contributed by atoms with van der Waals surface area (Å²) in [6.07, 6.45) is 6.41. The predicted octanol–water partition coefficient (Wildman–Crippen LogP) is 4.70. The molecule has 112 valence electrons. The Bertz CT molecular complexity index is 996. The second kappa shape index (κ2) is 4.92. The van der Waals surface area contributed by atoms with Gasteiger partial charge in [0.25, 0.3) is 0 Å². The minimum Gasteiger partial charge on any atom is -0.344 e. The molecule has 0 unspecified atom stereocenters. The first kappa shape index (κ1) is 12.8. The molecule has 0 bridgehead atoms. The van der Waals surface area contributed by atoms with E-state index in [9.17, 15) is 0 Å². The molecule has 0 amide bonds. The Morgan fingerprint density at radius 2 is 1.65 bits per heavy atom. The summed E-state index contributed by atoms with van der Waals surface area (Å²) < 4.78 is 2.41. The summed E-state index contributed by atoms with van der Waals surface area (Å²) in [5.74, 6) is 1.47. The monoisotopic (exact) mass is 299 g/mol. The average molecular weight is 299 g/mol. The van der Waals surface area contributed by atoms with Crippen LogP contribution in [0.1, 0.15) is 30.6 Å². The number of benzene rings is 2. The highest BCUT2D eigenvalue weighted by atomic mass is 15.0. The summed E-state index contributed by atoms with van der Waals surface area (Å²) in [7, 11) is 0. The summed E-state index contributed by atoms with van der Waals surface area (Å²) in [6, 6.07) is 19.6. The Morgan fingerprint density at radius 3 is 2.57 bits per heavy atom. The first-order valence-corrected chi connectivity index (χ1v) is 8.16. The van der Waals surface area contributed by atoms with Crippen molar-refractivity contribution >= 4 is 21.8 Å². The third-order valence-corrected chi connectivity index (χ3v) is 5.01. The molecule has 2 heterocycles. The van der Waals surface area contributed by atoms with E-state index < -0.39 is 0 Å². The molecule has 0 atom stereocenters. The van der Waals surface area contributed by atoms with E-state index in [1.165, 1.54) is 10.9 Å². The fourth-order valence-corrected chi connectivity index (χ4v) is 3.63. The lowest BCUT2D eigenvalue weighted by Crippen LogP contribution is -2.26. The Kier molecular flexibility index (Phi) is 2.74. The van der Waals surface area contributed by atoms with E-state index in [0.717, 1.165) is 29.6 Å². The molecule has 1 aliphatic rings. The van der Waals surface area contributed by atoms with Gasteiger partial charge in [-0.05, 0) is 36.4 Å². The molecule has 0 spiro atoms. The van der Waals surface area contributed by atoms with Crippen LogP contribution in [-0.2, 0) is 0 Å². The van der Waals surface area contributed by atoms with Gasteiger partial charge in [-0.2, -0.15) is 0 Å². The molecule has 2 aromatic carbocycles. The van der Waals surface area contributed by atoms with Crippen LogP contribution in [0.15, 0.2) is 67.0 Å². The fourth-order valence-electron chi connectivity index (χ4n) is 3.63. The van der Waals surface area contributed by atoms with Gasteiger partial charge in [-0.25, -0.2) is 9.97 Å². The Morgan fingerprint density at radius 1 is 0.870 bits per heavy atom. The highest BCUT2D eigenvalue weighted by Crippen LogP contribution is 2.44. The molecule has 0 aliphatic heterocycles. The van der Waals surface area contributed by atoms with Crippen molar-refractivity contribution in [1.82, 2.24) is 14.5 Å². The van der Waals surface area contributed by atoms with Gasteiger partial charge in [-0.15, -0.1) is 0 Å². The van der Waals surface area contributed by atoms with E-state index in [0.29, 0.717) is 12.0 Å². The van der Waals surface area contributed by atoms with Crippen molar-refractivity contribution in [3.8, 4) is 0 Å². The molecule has 2 aromatic heterocycles. The van der Waals surface area contributed by atoms with Gasteiger partial charge in [0, 0.05) is 35.3 Å². The normalized spacial score (nSPS) is 20.7. The maximum atomic E-state index is 4.75. The number of nitrogens with zero attached hydrogens (tertiary/aromatic N) is 3. The molecule has 5 rings (SSSR count). The van der Waals surface area contributed by atoms with Gasteiger partial charge in [0.1, 0.15) is 5.82 Å². The third kappa shape index (κ3) is 2.04. The Balaban J connectivity index is 1.41.